The zero-order valence-corrected chi connectivity index (χ0v) is 9.51. The third-order valence-corrected chi connectivity index (χ3v) is 3.50. The van der Waals surface area contributed by atoms with E-state index in [4.69, 9.17) is 0 Å². The van der Waals surface area contributed by atoms with Gasteiger partial charge in [0.25, 0.3) is 0 Å². The van der Waals surface area contributed by atoms with Gasteiger partial charge in [-0.3, -0.25) is 4.90 Å². The predicted octanol–water partition coefficient (Wildman–Crippen LogP) is 1.86. The highest BCUT2D eigenvalue weighted by Gasteiger charge is 2.23. The Bertz CT molecular complexity index is 139. The summed E-state index contributed by atoms with van der Waals surface area (Å²) in [5, 5.41) is 3.55. The zero-order chi connectivity index (χ0) is 9.84. The topological polar surface area (TPSA) is 15.3 Å². The van der Waals surface area contributed by atoms with Crippen LogP contribution in [0.1, 0.15) is 40.0 Å². The smallest absolute Gasteiger partial charge is 0.0221 e. The minimum atomic E-state index is 0.722. The van der Waals surface area contributed by atoms with Crippen molar-refractivity contribution >= 4 is 0 Å². The summed E-state index contributed by atoms with van der Waals surface area (Å²) in [7, 11) is 2.26. The highest BCUT2D eigenvalue weighted by molar-refractivity contribution is 4.82. The number of likely N-dealkylation sites (N-methyl/N-ethyl adjacent to an activating group) is 1. The van der Waals surface area contributed by atoms with Crippen molar-refractivity contribution in [1.29, 1.82) is 0 Å². The van der Waals surface area contributed by atoms with Crippen molar-refractivity contribution in [2.24, 2.45) is 0 Å². The van der Waals surface area contributed by atoms with Crippen molar-refractivity contribution < 1.29 is 0 Å². The van der Waals surface area contributed by atoms with Gasteiger partial charge in [0.1, 0.15) is 0 Å². The van der Waals surface area contributed by atoms with Crippen molar-refractivity contribution in [2.75, 3.05) is 13.6 Å². The number of nitrogens with zero attached hydrogens (tertiary/aromatic N) is 1. The molecule has 78 valence electrons. The molecule has 1 heterocycles. The van der Waals surface area contributed by atoms with Gasteiger partial charge in [0.15, 0.2) is 0 Å². The van der Waals surface area contributed by atoms with Gasteiger partial charge in [0, 0.05) is 24.7 Å². The molecule has 2 heteroatoms. The molecular weight excluding hydrogens is 160 g/mol. The molecule has 0 aliphatic carbocycles. The molecule has 1 saturated heterocycles. The van der Waals surface area contributed by atoms with Gasteiger partial charge in [0.05, 0.1) is 0 Å². The molecule has 0 aromatic carbocycles. The summed E-state index contributed by atoms with van der Waals surface area (Å²) in [5.41, 5.74) is 0. The molecule has 0 spiro atoms. The molecule has 1 aliphatic rings. The summed E-state index contributed by atoms with van der Waals surface area (Å²) >= 11 is 0. The Morgan fingerprint density at radius 3 is 2.62 bits per heavy atom. The molecule has 13 heavy (non-hydrogen) atoms. The minimum Gasteiger partial charge on any atom is -0.313 e. The van der Waals surface area contributed by atoms with Crippen LogP contribution in [-0.2, 0) is 0 Å². The maximum atomic E-state index is 3.55. The van der Waals surface area contributed by atoms with Crippen LogP contribution in [0.4, 0.5) is 0 Å². The molecule has 2 nitrogen and oxygen atoms in total. The molecule has 1 N–H and O–H groups in total. The lowest BCUT2D eigenvalue weighted by molar-refractivity contribution is 0.142. The molecule has 0 aromatic heterocycles. The average molecular weight is 184 g/mol. The fraction of sp³-hybridized carbons (Fsp3) is 1.00. The fourth-order valence-electron chi connectivity index (χ4n) is 1.98. The van der Waals surface area contributed by atoms with Crippen LogP contribution in [0.3, 0.4) is 0 Å². The third-order valence-electron chi connectivity index (χ3n) is 3.50. The van der Waals surface area contributed by atoms with Gasteiger partial charge < -0.3 is 5.32 Å². The predicted molar refractivity (Wildman–Crippen MR) is 58.0 cm³/mol. The van der Waals surface area contributed by atoms with Crippen molar-refractivity contribution in [3.8, 4) is 0 Å². The van der Waals surface area contributed by atoms with E-state index in [0.29, 0.717) is 0 Å². The van der Waals surface area contributed by atoms with E-state index in [0.717, 1.165) is 18.1 Å². The van der Waals surface area contributed by atoms with E-state index in [9.17, 15) is 0 Å². The standard InChI is InChI=1S/C11H24N2/c1-5-10(3)13(4)11-7-6-9(2)12-8-11/h9-12H,5-8H2,1-4H3. The van der Waals surface area contributed by atoms with E-state index in [-0.39, 0.29) is 0 Å². The number of piperidine rings is 1. The number of rotatable bonds is 3. The number of nitrogens with one attached hydrogen (secondary N) is 1. The van der Waals surface area contributed by atoms with Crippen LogP contribution in [-0.4, -0.2) is 36.6 Å². The second-order valence-electron chi connectivity index (χ2n) is 4.46. The fourth-order valence-corrected chi connectivity index (χ4v) is 1.98. The summed E-state index contributed by atoms with van der Waals surface area (Å²) in [5.74, 6) is 0. The highest BCUT2D eigenvalue weighted by Crippen LogP contribution is 2.15. The molecule has 1 fully saturated rings. The Morgan fingerprint density at radius 2 is 2.15 bits per heavy atom. The molecule has 0 aromatic rings. The van der Waals surface area contributed by atoms with Crippen LogP contribution in [0.15, 0.2) is 0 Å². The largest absolute Gasteiger partial charge is 0.313 e. The van der Waals surface area contributed by atoms with Gasteiger partial charge in [-0.05, 0) is 40.2 Å². The molecule has 0 radical (unpaired) electrons. The number of hydrogen-bond donors (Lipinski definition) is 1. The van der Waals surface area contributed by atoms with Crippen molar-refractivity contribution in [2.45, 2.75) is 58.2 Å². The quantitative estimate of drug-likeness (QED) is 0.720. The molecule has 0 amide bonds. The summed E-state index contributed by atoms with van der Waals surface area (Å²) in [6, 6.07) is 2.20. The molecule has 1 aliphatic heterocycles. The van der Waals surface area contributed by atoms with Gasteiger partial charge in [-0.1, -0.05) is 6.92 Å². The van der Waals surface area contributed by atoms with E-state index < -0.39 is 0 Å². The molecule has 3 atom stereocenters. The zero-order valence-electron chi connectivity index (χ0n) is 9.51. The Kier molecular flexibility index (Phi) is 4.20. The first-order valence-electron chi connectivity index (χ1n) is 5.60. The van der Waals surface area contributed by atoms with E-state index in [2.05, 4.69) is 38.0 Å². The van der Waals surface area contributed by atoms with E-state index >= 15 is 0 Å². The van der Waals surface area contributed by atoms with E-state index in [1.54, 1.807) is 0 Å². The molecule has 0 saturated carbocycles. The lowest BCUT2D eigenvalue weighted by atomic mass is 9.99. The lowest BCUT2D eigenvalue weighted by Crippen LogP contribution is -2.49. The first-order chi connectivity index (χ1) is 6.15. The van der Waals surface area contributed by atoms with Gasteiger partial charge in [-0.2, -0.15) is 0 Å². The minimum absolute atomic E-state index is 0.722. The SMILES string of the molecule is CCC(C)N(C)C1CCC(C)NC1. The Labute approximate surface area is 82.7 Å². The average Bonchev–Trinajstić information content (AvgIpc) is 2.17. The second kappa shape index (κ2) is 4.97. The van der Waals surface area contributed by atoms with Crippen LogP contribution in [0.25, 0.3) is 0 Å². The van der Waals surface area contributed by atoms with Gasteiger partial charge in [-0.25, -0.2) is 0 Å². The van der Waals surface area contributed by atoms with E-state index in [1.807, 2.05) is 0 Å². The molecule has 0 bridgehead atoms. The monoisotopic (exact) mass is 184 g/mol. The van der Waals surface area contributed by atoms with Gasteiger partial charge >= 0.3 is 0 Å². The highest BCUT2D eigenvalue weighted by atomic mass is 15.2. The second-order valence-corrected chi connectivity index (χ2v) is 4.46. The van der Waals surface area contributed by atoms with E-state index in [1.165, 1.54) is 25.8 Å². The molecule has 1 rings (SSSR count). The normalized spacial score (nSPS) is 32.1. The van der Waals surface area contributed by atoms with Crippen LogP contribution in [0.2, 0.25) is 0 Å². The Hall–Kier alpha value is -0.0800. The third kappa shape index (κ3) is 2.96. The van der Waals surface area contributed by atoms with Crippen LogP contribution in [0.5, 0.6) is 0 Å². The first kappa shape index (κ1) is 11.0. The van der Waals surface area contributed by atoms with Gasteiger partial charge in [-0.15, -0.1) is 0 Å². The lowest BCUT2D eigenvalue weighted by Gasteiger charge is -2.37. The maximum absolute atomic E-state index is 3.55. The summed E-state index contributed by atoms with van der Waals surface area (Å²) in [4.78, 5) is 2.53. The summed E-state index contributed by atoms with van der Waals surface area (Å²) in [6.45, 7) is 8.03. The maximum Gasteiger partial charge on any atom is 0.0221 e. The number of hydrogen-bond acceptors (Lipinski definition) is 2. The molecular formula is C11H24N2. The van der Waals surface area contributed by atoms with Gasteiger partial charge in [0.2, 0.25) is 0 Å². The Balaban J connectivity index is 2.35. The Morgan fingerprint density at radius 1 is 1.46 bits per heavy atom. The molecule has 3 unspecified atom stereocenters. The summed E-state index contributed by atoms with van der Waals surface area (Å²) in [6.07, 6.45) is 3.93. The van der Waals surface area contributed by atoms with Crippen molar-refractivity contribution in [1.82, 2.24) is 10.2 Å². The van der Waals surface area contributed by atoms with Crippen LogP contribution < -0.4 is 5.32 Å². The van der Waals surface area contributed by atoms with Crippen molar-refractivity contribution in [3.05, 3.63) is 0 Å². The summed E-state index contributed by atoms with van der Waals surface area (Å²) < 4.78 is 0. The van der Waals surface area contributed by atoms with Crippen LogP contribution in [0, 0.1) is 0 Å². The first-order valence-corrected chi connectivity index (χ1v) is 5.60. The van der Waals surface area contributed by atoms with Crippen LogP contribution >= 0.6 is 0 Å². The van der Waals surface area contributed by atoms with Crippen molar-refractivity contribution in [3.63, 3.8) is 0 Å².